The van der Waals surface area contributed by atoms with Crippen molar-refractivity contribution >= 4 is 5.91 Å². The number of nitrogens with two attached hydrogens (primary N) is 1. The van der Waals surface area contributed by atoms with Gasteiger partial charge < -0.3 is 20.5 Å². The summed E-state index contributed by atoms with van der Waals surface area (Å²) >= 11 is 0. The summed E-state index contributed by atoms with van der Waals surface area (Å²) in [7, 11) is 0. The van der Waals surface area contributed by atoms with E-state index in [1.165, 1.54) is 0 Å². The van der Waals surface area contributed by atoms with Gasteiger partial charge in [0, 0.05) is 25.3 Å². The van der Waals surface area contributed by atoms with E-state index in [2.05, 4.69) is 5.32 Å². The van der Waals surface area contributed by atoms with E-state index in [1.54, 1.807) is 0 Å². The largest absolute Gasteiger partial charge is 0.381 e. The molecule has 5 heteroatoms. The van der Waals surface area contributed by atoms with Crippen LogP contribution in [0.1, 0.15) is 38.5 Å². The molecule has 104 valence electrons. The van der Waals surface area contributed by atoms with Crippen LogP contribution in [-0.2, 0) is 14.3 Å². The van der Waals surface area contributed by atoms with Crippen molar-refractivity contribution in [2.75, 3.05) is 19.8 Å². The molecule has 0 aromatic rings. The summed E-state index contributed by atoms with van der Waals surface area (Å²) in [5.74, 6) is -0.0129. The molecule has 1 aliphatic carbocycles. The fourth-order valence-corrected chi connectivity index (χ4v) is 2.64. The van der Waals surface area contributed by atoms with E-state index in [0.717, 1.165) is 51.7 Å². The van der Waals surface area contributed by atoms with E-state index in [-0.39, 0.29) is 30.7 Å². The molecular weight excluding hydrogens is 232 g/mol. The fraction of sp³-hybridized carbons (Fsp3) is 0.923. The molecular formula is C13H24N2O3. The van der Waals surface area contributed by atoms with Gasteiger partial charge in [-0.2, -0.15) is 0 Å². The minimum absolute atomic E-state index is 0.0129. The molecule has 0 radical (unpaired) electrons. The molecule has 1 saturated carbocycles. The maximum atomic E-state index is 11.7. The standard InChI is InChI=1S/C13H24N2O3/c14-10-2-1-3-12(8-10)18-9-13(16)15-11-4-6-17-7-5-11/h10-12H,1-9,14H2,(H,15,16). The van der Waals surface area contributed by atoms with E-state index < -0.39 is 0 Å². The van der Waals surface area contributed by atoms with Crippen LogP contribution in [0, 0.1) is 0 Å². The predicted molar refractivity (Wildman–Crippen MR) is 68.2 cm³/mol. The molecule has 2 unspecified atom stereocenters. The van der Waals surface area contributed by atoms with Crippen molar-refractivity contribution in [2.45, 2.75) is 56.7 Å². The lowest BCUT2D eigenvalue weighted by molar-refractivity contribution is -0.129. The first kappa shape index (κ1) is 13.8. The minimum atomic E-state index is -0.0129. The Labute approximate surface area is 108 Å². The SMILES string of the molecule is NC1CCCC(OCC(=O)NC2CCOCC2)C1. The summed E-state index contributed by atoms with van der Waals surface area (Å²) in [6.45, 7) is 1.64. The molecule has 1 saturated heterocycles. The summed E-state index contributed by atoms with van der Waals surface area (Å²) in [4.78, 5) is 11.7. The molecule has 18 heavy (non-hydrogen) atoms. The molecule has 0 bridgehead atoms. The Morgan fingerprint density at radius 3 is 2.78 bits per heavy atom. The molecule has 0 aromatic heterocycles. The van der Waals surface area contributed by atoms with Gasteiger partial charge in [-0.15, -0.1) is 0 Å². The van der Waals surface area contributed by atoms with Crippen molar-refractivity contribution in [1.29, 1.82) is 0 Å². The van der Waals surface area contributed by atoms with Crippen molar-refractivity contribution < 1.29 is 14.3 Å². The van der Waals surface area contributed by atoms with Gasteiger partial charge in [-0.25, -0.2) is 0 Å². The van der Waals surface area contributed by atoms with Crippen molar-refractivity contribution in [3.8, 4) is 0 Å². The number of nitrogens with one attached hydrogen (secondary N) is 1. The smallest absolute Gasteiger partial charge is 0.246 e. The summed E-state index contributed by atoms with van der Waals surface area (Å²) < 4.78 is 10.9. The van der Waals surface area contributed by atoms with Crippen LogP contribution in [0.2, 0.25) is 0 Å². The van der Waals surface area contributed by atoms with E-state index in [4.69, 9.17) is 15.2 Å². The van der Waals surface area contributed by atoms with Crippen molar-refractivity contribution in [2.24, 2.45) is 5.73 Å². The van der Waals surface area contributed by atoms with Gasteiger partial charge in [0.05, 0.1) is 6.10 Å². The van der Waals surface area contributed by atoms with Gasteiger partial charge in [0.2, 0.25) is 5.91 Å². The third-order valence-electron chi connectivity index (χ3n) is 3.70. The van der Waals surface area contributed by atoms with Gasteiger partial charge >= 0.3 is 0 Å². The zero-order valence-corrected chi connectivity index (χ0v) is 10.9. The highest BCUT2D eigenvalue weighted by Crippen LogP contribution is 2.19. The Morgan fingerprint density at radius 2 is 2.06 bits per heavy atom. The van der Waals surface area contributed by atoms with Crippen LogP contribution in [0.4, 0.5) is 0 Å². The first-order valence-corrected chi connectivity index (χ1v) is 6.98. The number of carbonyl (C=O) groups excluding carboxylic acids is 1. The maximum absolute atomic E-state index is 11.7. The van der Waals surface area contributed by atoms with Crippen LogP contribution in [0.3, 0.4) is 0 Å². The summed E-state index contributed by atoms with van der Waals surface area (Å²) in [5.41, 5.74) is 5.89. The van der Waals surface area contributed by atoms with E-state index in [1.807, 2.05) is 0 Å². The second kappa shape index (κ2) is 7.07. The minimum Gasteiger partial charge on any atom is -0.381 e. The molecule has 1 amide bonds. The van der Waals surface area contributed by atoms with Gasteiger partial charge in [-0.05, 0) is 38.5 Å². The van der Waals surface area contributed by atoms with Crippen molar-refractivity contribution in [3.05, 3.63) is 0 Å². The first-order valence-electron chi connectivity index (χ1n) is 6.98. The number of hydrogen-bond acceptors (Lipinski definition) is 4. The molecule has 2 rings (SSSR count). The normalized spacial score (nSPS) is 30.1. The lowest BCUT2D eigenvalue weighted by Crippen LogP contribution is -2.42. The zero-order chi connectivity index (χ0) is 12.8. The fourth-order valence-electron chi connectivity index (χ4n) is 2.64. The second-order valence-electron chi connectivity index (χ2n) is 5.31. The molecule has 2 aliphatic rings. The van der Waals surface area contributed by atoms with Gasteiger partial charge in [-0.1, -0.05) is 0 Å². The highest BCUT2D eigenvalue weighted by atomic mass is 16.5. The number of rotatable bonds is 4. The lowest BCUT2D eigenvalue weighted by atomic mass is 9.94. The van der Waals surface area contributed by atoms with Gasteiger partial charge in [0.1, 0.15) is 6.61 Å². The highest BCUT2D eigenvalue weighted by Gasteiger charge is 2.21. The highest BCUT2D eigenvalue weighted by molar-refractivity contribution is 5.77. The lowest BCUT2D eigenvalue weighted by Gasteiger charge is -2.27. The molecule has 2 atom stereocenters. The van der Waals surface area contributed by atoms with Gasteiger partial charge in [0.15, 0.2) is 0 Å². The van der Waals surface area contributed by atoms with Crippen LogP contribution < -0.4 is 11.1 Å². The third-order valence-corrected chi connectivity index (χ3v) is 3.70. The Morgan fingerprint density at radius 1 is 1.28 bits per heavy atom. The van der Waals surface area contributed by atoms with Crippen molar-refractivity contribution in [3.63, 3.8) is 0 Å². The monoisotopic (exact) mass is 256 g/mol. The van der Waals surface area contributed by atoms with E-state index in [9.17, 15) is 4.79 Å². The molecule has 0 aromatic carbocycles. The van der Waals surface area contributed by atoms with Crippen LogP contribution >= 0.6 is 0 Å². The Kier molecular flexibility index (Phi) is 5.41. The second-order valence-corrected chi connectivity index (χ2v) is 5.31. The van der Waals surface area contributed by atoms with Crippen LogP contribution in [-0.4, -0.2) is 43.9 Å². The summed E-state index contributed by atoms with van der Waals surface area (Å²) in [6.07, 6.45) is 6.05. The number of carbonyl (C=O) groups is 1. The molecule has 5 nitrogen and oxygen atoms in total. The average Bonchev–Trinajstić information content (AvgIpc) is 2.38. The maximum Gasteiger partial charge on any atom is 0.246 e. The Hall–Kier alpha value is -0.650. The zero-order valence-electron chi connectivity index (χ0n) is 10.9. The van der Waals surface area contributed by atoms with E-state index >= 15 is 0 Å². The average molecular weight is 256 g/mol. The number of hydrogen-bond donors (Lipinski definition) is 2. The molecule has 1 heterocycles. The molecule has 0 spiro atoms. The predicted octanol–water partition coefficient (Wildman–Crippen LogP) is 0.568. The van der Waals surface area contributed by atoms with Crippen LogP contribution in [0.15, 0.2) is 0 Å². The van der Waals surface area contributed by atoms with Gasteiger partial charge in [0.25, 0.3) is 0 Å². The van der Waals surface area contributed by atoms with Gasteiger partial charge in [-0.3, -0.25) is 4.79 Å². The summed E-state index contributed by atoms with van der Waals surface area (Å²) in [6, 6.07) is 0.491. The Bertz CT molecular complexity index is 267. The van der Waals surface area contributed by atoms with Crippen molar-refractivity contribution in [1.82, 2.24) is 5.32 Å². The third kappa shape index (κ3) is 4.55. The molecule has 2 fully saturated rings. The quantitative estimate of drug-likeness (QED) is 0.771. The van der Waals surface area contributed by atoms with Crippen LogP contribution in [0.5, 0.6) is 0 Å². The number of amides is 1. The summed E-state index contributed by atoms with van der Waals surface area (Å²) in [5, 5.41) is 2.99. The molecule has 1 aliphatic heterocycles. The Balaban J connectivity index is 1.61. The number of ether oxygens (including phenoxy) is 2. The first-order chi connectivity index (χ1) is 8.74. The topological polar surface area (TPSA) is 73.6 Å². The van der Waals surface area contributed by atoms with E-state index in [0.29, 0.717) is 0 Å². The van der Waals surface area contributed by atoms with Crippen LogP contribution in [0.25, 0.3) is 0 Å². The molecule has 3 N–H and O–H groups in total.